The van der Waals surface area contributed by atoms with E-state index in [-0.39, 0.29) is 0 Å². The van der Waals surface area contributed by atoms with Crippen LogP contribution < -0.4 is 0 Å². The molecule has 126 valence electrons. The summed E-state index contributed by atoms with van der Waals surface area (Å²) in [4.78, 5) is 0. The molecule has 4 aromatic rings. The van der Waals surface area contributed by atoms with E-state index in [9.17, 15) is 5.11 Å². The lowest BCUT2D eigenvalue weighted by molar-refractivity contribution is 0.477. The molecular formula is C25H20O. The van der Waals surface area contributed by atoms with Crippen LogP contribution in [0.15, 0.2) is 103 Å². The molecule has 0 radical (unpaired) electrons. The molecule has 26 heavy (non-hydrogen) atoms. The summed E-state index contributed by atoms with van der Waals surface area (Å²) in [6.45, 7) is 0. The zero-order chi connectivity index (χ0) is 17.8. The zero-order valence-corrected chi connectivity index (χ0v) is 14.5. The monoisotopic (exact) mass is 336 g/mol. The molecule has 5 rings (SSSR count). The Labute approximate surface area is 154 Å². The highest BCUT2D eigenvalue weighted by atomic mass is 16.3. The van der Waals surface area contributed by atoms with Crippen LogP contribution in [-0.4, -0.2) is 5.11 Å². The average molecular weight is 336 g/mol. The third-order valence-corrected chi connectivity index (χ3v) is 4.69. The molecule has 1 nitrogen and oxygen atoms in total. The number of phenols is 1. The van der Waals surface area contributed by atoms with Crippen LogP contribution in [0.1, 0.15) is 11.1 Å². The number of benzene rings is 4. The fraction of sp³-hybridized carbons (Fsp3) is 0.0400. The van der Waals surface area contributed by atoms with E-state index < -0.39 is 0 Å². The van der Waals surface area contributed by atoms with Crippen LogP contribution in [0.3, 0.4) is 0 Å². The third-order valence-electron chi connectivity index (χ3n) is 4.69. The van der Waals surface area contributed by atoms with E-state index in [1.165, 1.54) is 22.3 Å². The van der Waals surface area contributed by atoms with Crippen LogP contribution in [-0.2, 0) is 6.42 Å². The Morgan fingerprint density at radius 2 is 0.923 bits per heavy atom. The van der Waals surface area contributed by atoms with Crippen molar-refractivity contribution in [1.82, 2.24) is 0 Å². The van der Waals surface area contributed by atoms with Crippen molar-refractivity contribution in [3.8, 4) is 28.0 Å². The van der Waals surface area contributed by atoms with Crippen LogP contribution in [0.2, 0.25) is 0 Å². The Morgan fingerprint density at radius 3 is 1.50 bits per heavy atom. The number of phenolic OH excluding ortho intramolecular Hbond substituents is 1. The largest absolute Gasteiger partial charge is 0.507 e. The van der Waals surface area contributed by atoms with Gasteiger partial charge in [-0.1, -0.05) is 97.1 Å². The standard InChI is InChI=1S/C13H10.C12H10O/c1-3-7-12-10(5-1)9-11-6-2-4-8-13(11)12;13-12-9-5-4-8-11(12)10-6-2-1-3-7-10/h1-8H,9H2;1-9,13H. The van der Waals surface area contributed by atoms with Crippen molar-refractivity contribution >= 4 is 0 Å². The van der Waals surface area contributed by atoms with Gasteiger partial charge in [-0.2, -0.15) is 0 Å². The van der Waals surface area contributed by atoms with Crippen LogP contribution in [0.4, 0.5) is 0 Å². The summed E-state index contributed by atoms with van der Waals surface area (Å²) in [5.41, 5.74) is 7.67. The lowest BCUT2D eigenvalue weighted by Gasteiger charge is -2.02. The normalized spacial score (nSPS) is 11.1. The highest BCUT2D eigenvalue weighted by Gasteiger charge is 2.15. The summed E-state index contributed by atoms with van der Waals surface area (Å²) >= 11 is 0. The predicted molar refractivity (Wildman–Crippen MR) is 108 cm³/mol. The van der Waals surface area contributed by atoms with Gasteiger partial charge in [-0.25, -0.2) is 0 Å². The van der Waals surface area contributed by atoms with Crippen LogP contribution >= 0.6 is 0 Å². The smallest absolute Gasteiger partial charge is 0.123 e. The molecule has 0 amide bonds. The van der Waals surface area contributed by atoms with Gasteiger partial charge in [0, 0.05) is 5.56 Å². The van der Waals surface area contributed by atoms with Crippen molar-refractivity contribution in [3.05, 3.63) is 114 Å². The number of para-hydroxylation sites is 1. The van der Waals surface area contributed by atoms with Crippen molar-refractivity contribution in [2.75, 3.05) is 0 Å². The van der Waals surface area contributed by atoms with Gasteiger partial charge in [0.1, 0.15) is 5.75 Å². The highest BCUT2D eigenvalue weighted by Crippen LogP contribution is 2.35. The Bertz CT molecular complexity index is 967. The zero-order valence-electron chi connectivity index (χ0n) is 14.5. The SMILES string of the molecule is Oc1ccccc1-c1ccccc1.c1ccc2c(c1)Cc1ccccc1-2. The average Bonchev–Trinajstić information content (AvgIpc) is 3.08. The van der Waals surface area contributed by atoms with E-state index >= 15 is 0 Å². The molecule has 1 heteroatoms. The van der Waals surface area contributed by atoms with Crippen LogP contribution in [0, 0.1) is 0 Å². The third kappa shape index (κ3) is 3.25. The molecule has 0 atom stereocenters. The fourth-order valence-electron chi connectivity index (χ4n) is 3.42. The second-order valence-electron chi connectivity index (χ2n) is 6.37. The van der Waals surface area contributed by atoms with E-state index in [4.69, 9.17) is 0 Å². The van der Waals surface area contributed by atoms with Gasteiger partial charge in [0.05, 0.1) is 0 Å². The number of rotatable bonds is 1. The van der Waals surface area contributed by atoms with Gasteiger partial charge in [0.2, 0.25) is 0 Å². The van der Waals surface area contributed by atoms with Gasteiger partial charge in [-0.15, -0.1) is 0 Å². The molecule has 0 saturated carbocycles. The first-order valence-electron chi connectivity index (χ1n) is 8.82. The maximum absolute atomic E-state index is 9.56. The molecule has 0 spiro atoms. The van der Waals surface area contributed by atoms with Crippen molar-refractivity contribution in [2.45, 2.75) is 6.42 Å². The first-order valence-corrected chi connectivity index (χ1v) is 8.82. The van der Waals surface area contributed by atoms with E-state index in [1.807, 2.05) is 48.5 Å². The minimum atomic E-state index is 0.328. The minimum Gasteiger partial charge on any atom is -0.507 e. The lowest BCUT2D eigenvalue weighted by Crippen LogP contribution is -1.77. The maximum atomic E-state index is 9.56. The summed E-state index contributed by atoms with van der Waals surface area (Å²) in [6, 6.07) is 34.5. The fourth-order valence-corrected chi connectivity index (χ4v) is 3.42. The van der Waals surface area contributed by atoms with E-state index in [0.29, 0.717) is 5.75 Å². The maximum Gasteiger partial charge on any atom is 0.123 e. The molecule has 1 aliphatic carbocycles. The number of aromatic hydroxyl groups is 1. The molecule has 1 aliphatic rings. The van der Waals surface area contributed by atoms with Crippen molar-refractivity contribution < 1.29 is 5.11 Å². The Morgan fingerprint density at radius 1 is 0.462 bits per heavy atom. The minimum absolute atomic E-state index is 0.328. The van der Waals surface area contributed by atoms with Crippen LogP contribution in [0.25, 0.3) is 22.3 Å². The van der Waals surface area contributed by atoms with Crippen molar-refractivity contribution in [2.24, 2.45) is 0 Å². The second kappa shape index (κ2) is 7.28. The molecule has 0 unspecified atom stereocenters. The Hall–Kier alpha value is -3.32. The highest BCUT2D eigenvalue weighted by molar-refractivity contribution is 5.76. The Kier molecular flexibility index (Phi) is 4.53. The summed E-state index contributed by atoms with van der Waals surface area (Å²) < 4.78 is 0. The quantitative estimate of drug-likeness (QED) is 0.380. The molecule has 0 heterocycles. The van der Waals surface area contributed by atoms with Gasteiger partial charge in [0.15, 0.2) is 0 Å². The molecule has 1 N–H and O–H groups in total. The molecule has 0 bridgehead atoms. The van der Waals surface area contributed by atoms with Gasteiger partial charge in [-0.3, -0.25) is 0 Å². The topological polar surface area (TPSA) is 20.2 Å². The molecule has 0 aromatic heterocycles. The summed E-state index contributed by atoms with van der Waals surface area (Å²) in [5, 5.41) is 9.56. The van der Waals surface area contributed by atoms with Gasteiger partial charge in [-0.05, 0) is 40.3 Å². The number of hydrogen-bond acceptors (Lipinski definition) is 1. The van der Waals surface area contributed by atoms with E-state index in [1.54, 1.807) is 6.07 Å². The summed E-state index contributed by atoms with van der Waals surface area (Å²) in [5.74, 6) is 0.328. The molecule has 0 aliphatic heterocycles. The first kappa shape index (κ1) is 16.2. The second-order valence-corrected chi connectivity index (χ2v) is 6.37. The van der Waals surface area contributed by atoms with Crippen LogP contribution in [0.5, 0.6) is 5.75 Å². The van der Waals surface area contributed by atoms with Gasteiger partial charge < -0.3 is 5.11 Å². The molecular weight excluding hydrogens is 316 g/mol. The predicted octanol–water partition coefficient (Wildman–Crippen LogP) is 6.32. The van der Waals surface area contributed by atoms with Crippen molar-refractivity contribution in [3.63, 3.8) is 0 Å². The molecule has 0 fully saturated rings. The van der Waals surface area contributed by atoms with E-state index in [2.05, 4.69) is 48.5 Å². The summed E-state index contributed by atoms with van der Waals surface area (Å²) in [6.07, 6.45) is 1.10. The lowest BCUT2D eigenvalue weighted by atomic mass is 10.1. The number of hydrogen-bond donors (Lipinski definition) is 1. The molecule has 0 saturated heterocycles. The van der Waals surface area contributed by atoms with Gasteiger partial charge in [0.25, 0.3) is 0 Å². The molecule has 4 aromatic carbocycles. The first-order chi connectivity index (χ1) is 12.8. The van der Waals surface area contributed by atoms with E-state index in [0.717, 1.165) is 17.5 Å². The summed E-state index contributed by atoms with van der Waals surface area (Å²) in [7, 11) is 0. The Balaban J connectivity index is 0.000000129. The number of fused-ring (bicyclic) bond motifs is 3. The van der Waals surface area contributed by atoms with Crippen molar-refractivity contribution in [1.29, 1.82) is 0 Å². The van der Waals surface area contributed by atoms with Gasteiger partial charge >= 0.3 is 0 Å².